The second kappa shape index (κ2) is 6.84. The molecule has 0 heterocycles. The van der Waals surface area contributed by atoms with Crippen LogP contribution in [-0.4, -0.2) is 16.9 Å². The third-order valence-corrected chi connectivity index (χ3v) is 2.69. The smallest absolute Gasteiger partial charge is 0.292 e. The number of hydrogen-bond donors (Lipinski definition) is 2. The van der Waals surface area contributed by atoms with E-state index >= 15 is 0 Å². The van der Waals surface area contributed by atoms with Crippen molar-refractivity contribution in [1.29, 1.82) is 0 Å². The SMILES string of the molecule is Cc1ccc([N+](=O)[O-])c(NC(=O)CCCC(C)N)c1. The van der Waals surface area contributed by atoms with Crippen LogP contribution in [-0.2, 0) is 4.79 Å². The minimum absolute atomic E-state index is 0.0566. The van der Waals surface area contributed by atoms with Crippen LogP contribution in [0.25, 0.3) is 0 Å². The van der Waals surface area contributed by atoms with Gasteiger partial charge >= 0.3 is 0 Å². The first-order valence-electron chi connectivity index (χ1n) is 6.20. The first kappa shape index (κ1) is 15.1. The molecule has 6 nitrogen and oxygen atoms in total. The van der Waals surface area contributed by atoms with Crippen LogP contribution in [0.5, 0.6) is 0 Å². The summed E-state index contributed by atoms with van der Waals surface area (Å²) in [6.07, 6.45) is 1.74. The number of nitrogens with one attached hydrogen (secondary N) is 1. The molecule has 0 fully saturated rings. The van der Waals surface area contributed by atoms with Gasteiger partial charge in [-0.2, -0.15) is 0 Å². The van der Waals surface area contributed by atoms with Gasteiger partial charge in [0.05, 0.1) is 4.92 Å². The van der Waals surface area contributed by atoms with Gasteiger partial charge in [0.1, 0.15) is 5.69 Å². The molecular weight excluding hydrogens is 246 g/mol. The Labute approximate surface area is 112 Å². The molecule has 0 aromatic heterocycles. The first-order valence-corrected chi connectivity index (χ1v) is 6.20. The van der Waals surface area contributed by atoms with E-state index in [4.69, 9.17) is 5.73 Å². The van der Waals surface area contributed by atoms with Crippen LogP contribution in [0.1, 0.15) is 31.7 Å². The van der Waals surface area contributed by atoms with Crippen molar-refractivity contribution in [3.63, 3.8) is 0 Å². The van der Waals surface area contributed by atoms with Crippen LogP contribution in [0, 0.1) is 17.0 Å². The van der Waals surface area contributed by atoms with Gasteiger partial charge in [-0.3, -0.25) is 14.9 Å². The zero-order valence-electron chi connectivity index (χ0n) is 11.2. The molecule has 3 N–H and O–H groups in total. The van der Waals surface area contributed by atoms with Gasteiger partial charge < -0.3 is 11.1 Å². The molecule has 6 heteroatoms. The Morgan fingerprint density at radius 2 is 2.21 bits per heavy atom. The Bertz CT molecular complexity index is 472. The molecule has 0 spiro atoms. The third-order valence-electron chi connectivity index (χ3n) is 2.69. The number of nitro groups is 1. The van der Waals surface area contributed by atoms with Crippen LogP contribution in [0.3, 0.4) is 0 Å². The second-order valence-electron chi connectivity index (χ2n) is 4.70. The van der Waals surface area contributed by atoms with E-state index in [1.54, 1.807) is 12.1 Å². The van der Waals surface area contributed by atoms with Crippen molar-refractivity contribution < 1.29 is 9.72 Å². The molecule has 104 valence electrons. The summed E-state index contributed by atoms with van der Waals surface area (Å²) in [5.41, 5.74) is 6.61. The number of hydrogen-bond acceptors (Lipinski definition) is 4. The molecule has 0 saturated carbocycles. The van der Waals surface area contributed by atoms with E-state index in [1.165, 1.54) is 6.07 Å². The molecule has 0 radical (unpaired) electrons. The quantitative estimate of drug-likeness (QED) is 0.609. The summed E-state index contributed by atoms with van der Waals surface area (Å²) < 4.78 is 0. The highest BCUT2D eigenvalue weighted by atomic mass is 16.6. The average molecular weight is 265 g/mol. The Kier molecular flexibility index (Phi) is 5.44. The number of carbonyl (C=O) groups excluding carboxylic acids is 1. The number of anilines is 1. The Balaban J connectivity index is 2.67. The fourth-order valence-electron chi connectivity index (χ4n) is 1.71. The summed E-state index contributed by atoms with van der Waals surface area (Å²) in [5, 5.41) is 13.4. The predicted molar refractivity (Wildman–Crippen MR) is 74.0 cm³/mol. The molecule has 1 unspecified atom stereocenters. The van der Waals surface area contributed by atoms with E-state index in [-0.39, 0.29) is 23.3 Å². The Hall–Kier alpha value is -1.95. The summed E-state index contributed by atoms with van der Waals surface area (Å²) >= 11 is 0. The number of nitro benzene ring substituents is 1. The van der Waals surface area contributed by atoms with Gasteiger partial charge in [0.2, 0.25) is 5.91 Å². The maximum atomic E-state index is 11.7. The standard InChI is InChI=1S/C13H19N3O3/c1-9-6-7-12(16(18)19)11(8-9)15-13(17)5-3-4-10(2)14/h6-8,10H,3-5,14H2,1-2H3,(H,15,17). The number of amides is 1. The predicted octanol–water partition coefficient (Wildman–Crippen LogP) is 2.36. The van der Waals surface area contributed by atoms with Crippen LogP contribution in [0.15, 0.2) is 18.2 Å². The van der Waals surface area contributed by atoms with Crippen molar-refractivity contribution in [3.8, 4) is 0 Å². The second-order valence-corrected chi connectivity index (χ2v) is 4.70. The van der Waals surface area contributed by atoms with E-state index in [1.807, 2.05) is 13.8 Å². The summed E-state index contributed by atoms with van der Waals surface area (Å²) in [6, 6.07) is 4.69. The van der Waals surface area contributed by atoms with Crippen molar-refractivity contribution in [2.75, 3.05) is 5.32 Å². The Morgan fingerprint density at radius 1 is 1.53 bits per heavy atom. The largest absolute Gasteiger partial charge is 0.328 e. The van der Waals surface area contributed by atoms with E-state index in [0.29, 0.717) is 12.8 Å². The highest BCUT2D eigenvalue weighted by Crippen LogP contribution is 2.25. The van der Waals surface area contributed by atoms with E-state index < -0.39 is 4.92 Å². The van der Waals surface area contributed by atoms with Crippen molar-refractivity contribution in [2.24, 2.45) is 5.73 Å². The fourth-order valence-corrected chi connectivity index (χ4v) is 1.71. The fraction of sp³-hybridized carbons (Fsp3) is 0.462. The zero-order chi connectivity index (χ0) is 14.4. The monoisotopic (exact) mass is 265 g/mol. The zero-order valence-corrected chi connectivity index (χ0v) is 11.2. The van der Waals surface area contributed by atoms with Crippen LogP contribution < -0.4 is 11.1 Å². The topological polar surface area (TPSA) is 98.3 Å². The van der Waals surface area contributed by atoms with E-state index in [0.717, 1.165) is 12.0 Å². The molecule has 0 saturated heterocycles. The normalized spacial score (nSPS) is 11.9. The molecule has 0 aliphatic carbocycles. The molecule has 0 aliphatic rings. The number of benzene rings is 1. The number of rotatable bonds is 6. The van der Waals surface area contributed by atoms with Gasteiger partial charge in [0.15, 0.2) is 0 Å². The van der Waals surface area contributed by atoms with Crippen molar-refractivity contribution in [3.05, 3.63) is 33.9 Å². The van der Waals surface area contributed by atoms with Crippen LogP contribution in [0.2, 0.25) is 0 Å². The van der Waals surface area contributed by atoms with Gasteiger partial charge in [-0.05, 0) is 38.3 Å². The van der Waals surface area contributed by atoms with E-state index in [9.17, 15) is 14.9 Å². The molecule has 1 aromatic carbocycles. The first-order chi connectivity index (χ1) is 8.90. The Morgan fingerprint density at radius 3 is 2.79 bits per heavy atom. The van der Waals surface area contributed by atoms with Gasteiger partial charge in [-0.15, -0.1) is 0 Å². The van der Waals surface area contributed by atoms with E-state index in [2.05, 4.69) is 5.32 Å². The number of aryl methyl sites for hydroxylation is 1. The maximum absolute atomic E-state index is 11.7. The van der Waals surface area contributed by atoms with Crippen molar-refractivity contribution >= 4 is 17.3 Å². The highest BCUT2D eigenvalue weighted by molar-refractivity contribution is 5.93. The van der Waals surface area contributed by atoms with Crippen LogP contribution >= 0.6 is 0 Å². The van der Waals surface area contributed by atoms with Gasteiger partial charge in [0.25, 0.3) is 5.69 Å². The van der Waals surface area contributed by atoms with Gasteiger partial charge in [-0.1, -0.05) is 6.07 Å². The lowest BCUT2D eigenvalue weighted by atomic mass is 10.1. The minimum Gasteiger partial charge on any atom is -0.328 e. The molecule has 0 aliphatic heterocycles. The molecule has 1 aromatic rings. The summed E-state index contributed by atoms with van der Waals surface area (Å²) in [6.45, 7) is 3.69. The summed E-state index contributed by atoms with van der Waals surface area (Å²) in [4.78, 5) is 22.1. The number of nitrogens with zero attached hydrogens (tertiary/aromatic N) is 1. The number of carbonyl (C=O) groups is 1. The van der Waals surface area contributed by atoms with Crippen molar-refractivity contribution in [1.82, 2.24) is 0 Å². The van der Waals surface area contributed by atoms with Gasteiger partial charge in [-0.25, -0.2) is 0 Å². The lowest BCUT2D eigenvalue weighted by Gasteiger charge is -2.08. The number of nitrogens with two attached hydrogens (primary N) is 1. The molecule has 1 amide bonds. The maximum Gasteiger partial charge on any atom is 0.292 e. The average Bonchev–Trinajstić information content (AvgIpc) is 2.27. The van der Waals surface area contributed by atoms with Gasteiger partial charge in [0, 0.05) is 18.5 Å². The molecular formula is C13H19N3O3. The molecule has 0 bridgehead atoms. The van der Waals surface area contributed by atoms with Crippen LogP contribution in [0.4, 0.5) is 11.4 Å². The molecule has 1 atom stereocenters. The molecule has 19 heavy (non-hydrogen) atoms. The molecule has 1 rings (SSSR count). The summed E-state index contributed by atoms with van der Waals surface area (Å²) in [7, 11) is 0. The van der Waals surface area contributed by atoms with Crippen molar-refractivity contribution in [2.45, 2.75) is 39.2 Å². The minimum atomic E-state index is -0.503. The highest BCUT2D eigenvalue weighted by Gasteiger charge is 2.15. The third kappa shape index (κ3) is 5.05. The lowest BCUT2D eigenvalue weighted by molar-refractivity contribution is -0.383. The lowest BCUT2D eigenvalue weighted by Crippen LogP contribution is -2.17. The summed E-state index contributed by atoms with van der Waals surface area (Å²) in [5.74, 6) is -0.227.